The number of hydrogen-bond donors (Lipinski definition) is 1. The molecule has 0 aliphatic carbocycles. The van der Waals surface area contributed by atoms with Gasteiger partial charge in [0.05, 0.1) is 17.9 Å². The molecule has 1 aromatic rings. The molecule has 0 bridgehead atoms. The lowest BCUT2D eigenvalue weighted by Crippen LogP contribution is -2.27. The molecule has 0 spiro atoms. The standard InChI is InChI=1S/C13H21N3O2/c1-14-10-4-5-15-11(6-10)7-16-8-12(17-2)13(9-16)18-3/h4-6,12-13H,7-9H2,1-3H3,(H,14,15). The number of nitrogens with zero attached hydrogens (tertiary/aromatic N) is 2. The van der Waals surface area contributed by atoms with E-state index in [1.807, 2.05) is 19.3 Å². The van der Waals surface area contributed by atoms with E-state index in [0.717, 1.165) is 31.0 Å². The van der Waals surface area contributed by atoms with Gasteiger partial charge in [0.25, 0.3) is 0 Å². The third-order valence-corrected chi connectivity index (χ3v) is 3.39. The molecule has 0 radical (unpaired) electrons. The minimum Gasteiger partial charge on any atom is -0.388 e. The quantitative estimate of drug-likeness (QED) is 0.845. The maximum absolute atomic E-state index is 5.43. The molecule has 2 heterocycles. The fourth-order valence-electron chi connectivity index (χ4n) is 2.35. The van der Waals surface area contributed by atoms with Crippen LogP contribution in [0.4, 0.5) is 5.69 Å². The molecule has 2 unspecified atom stereocenters. The third kappa shape index (κ3) is 2.98. The summed E-state index contributed by atoms with van der Waals surface area (Å²) in [6.07, 6.45) is 2.14. The summed E-state index contributed by atoms with van der Waals surface area (Å²) in [6.45, 7) is 2.61. The zero-order valence-corrected chi connectivity index (χ0v) is 11.2. The molecule has 0 saturated carbocycles. The third-order valence-electron chi connectivity index (χ3n) is 3.39. The lowest BCUT2D eigenvalue weighted by molar-refractivity contribution is -0.00461. The van der Waals surface area contributed by atoms with Gasteiger partial charge >= 0.3 is 0 Å². The SMILES string of the molecule is CNc1ccnc(CN2CC(OC)C(OC)C2)c1. The fourth-order valence-corrected chi connectivity index (χ4v) is 2.35. The molecule has 18 heavy (non-hydrogen) atoms. The first-order chi connectivity index (χ1) is 8.76. The Kier molecular flexibility index (Phi) is 4.52. The van der Waals surface area contributed by atoms with Crippen LogP contribution in [0.5, 0.6) is 0 Å². The molecule has 0 aromatic carbocycles. The maximum atomic E-state index is 5.43. The molecule has 1 fully saturated rings. The molecule has 1 aliphatic rings. The molecule has 1 saturated heterocycles. The fraction of sp³-hybridized carbons (Fsp3) is 0.615. The smallest absolute Gasteiger partial charge is 0.0971 e. The Hall–Kier alpha value is -1.17. The number of rotatable bonds is 5. The van der Waals surface area contributed by atoms with Crippen molar-refractivity contribution < 1.29 is 9.47 Å². The van der Waals surface area contributed by atoms with Gasteiger partial charge in [-0.2, -0.15) is 0 Å². The van der Waals surface area contributed by atoms with Crippen LogP contribution in [0.2, 0.25) is 0 Å². The molecule has 1 aromatic heterocycles. The van der Waals surface area contributed by atoms with E-state index in [1.165, 1.54) is 0 Å². The lowest BCUT2D eigenvalue weighted by Gasteiger charge is -2.14. The second-order valence-corrected chi connectivity index (χ2v) is 4.53. The van der Waals surface area contributed by atoms with Gasteiger partial charge in [-0.3, -0.25) is 9.88 Å². The van der Waals surface area contributed by atoms with Crippen molar-refractivity contribution in [3.05, 3.63) is 24.0 Å². The van der Waals surface area contributed by atoms with Gasteiger partial charge < -0.3 is 14.8 Å². The van der Waals surface area contributed by atoms with Gasteiger partial charge in [-0.25, -0.2) is 0 Å². The van der Waals surface area contributed by atoms with Crippen LogP contribution in [0.1, 0.15) is 5.69 Å². The number of aromatic nitrogens is 1. The minimum absolute atomic E-state index is 0.155. The second kappa shape index (κ2) is 6.13. The van der Waals surface area contributed by atoms with Crippen molar-refractivity contribution in [2.75, 3.05) is 39.7 Å². The predicted molar refractivity (Wildman–Crippen MR) is 70.7 cm³/mol. The van der Waals surface area contributed by atoms with Gasteiger partial charge in [-0.15, -0.1) is 0 Å². The average Bonchev–Trinajstić information content (AvgIpc) is 2.81. The highest BCUT2D eigenvalue weighted by Gasteiger charge is 2.32. The Morgan fingerprint density at radius 1 is 1.33 bits per heavy atom. The van der Waals surface area contributed by atoms with Gasteiger partial charge in [-0.05, 0) is 12.1 Å². The number of hydrogen-bond acceptors (Lipinski definition) is 5. The monoisotopic (exact) mass is 251 g/mol. The van der Waals surface area contributed by atoms with Crippen LogP contribution >= 0.6 is 0 Å². The molecule has 5 nitrogen and oxygen atoms in total. The van der Waals surface area contributed by atoms with Gasteiger partial charge in [-0.1, -0.05) is 0 Å². The van der Waals surface area contributed by atoms with E-state index >= 15 is 0 Å². The van der Waals surface area contributed by atoms with Gasteiger partial charge in [0.1, 0.15) is 0 Å². The van der Waals surface area contributed by atoms with E-state index in [1.54, 1.807) is 14.2 Å². The van der Waals surface area contributed by atoms with Crippen LogP contribution in [0.25, 0.3) is 0 Å². The van der Waals surface area contributed by atoms with Gasteiger partial charge in [0.2, 0.25) is 0 Å². The molecule has 1 N–H and O–H groups in total. The molecule has 100 valence electrons. The van der Waals surface area contributed by atoms with Crippen molar-refractivity contribution >= 4 is 5.69 Å². The highest BCUT2D eigenvalue weighted by atomic mass is 16.5. The van der Waals surface area contributed by atoms with E-state index < -0.39 is 0 Å². The Labute approximate surface area is 108 Å². The Morgan fingerprint density at radius 2 is 2.00 bits per heavy atom. The highest BCUT2D eigenvalue weighted by molar-refractivity contribution is 5.42. The Morgan fingerprint density at radius 3 is 2.56 bits per heavy atom. The Balaban J connectivity index is 1.97. The lowest BCUT2D eigenvalue weighted by atomic mass is 10.3. The van der Waals surface area contributed by atoms with Crippen molar-refractivity contribution in [2.24, 2.45) is 0 Å². The molecule has 0 amide bonds. The summed E-state index contributed by atoms with van der Waals surface area (Å²) in [5, 5.41) is 3.12. The number of methoxy groups -OCH3 is 2. The number of ether oxygens (including phenoxy) is 2. The summed E-state index contributed by atoms with van der Waals surface area (Å²) < 4.78 is 10.9. The minimum atomic E-state index is 0.155. The van der Waals surface area contributed by atoms with Crippen LogP contribution in [-0.2, 0) is 16.0 Å². The summed E-state index contributed by atoms with van der Waals surface area (Å²) in [5.41, 5.74) is 2.15. The van der Waals surface area contributed by atoms with E-state index in [2.05, 4.69) is 21.3 Å². The van der Waals surface area contributed by atoms with Crippen molar-refractivity contribution in [1.82, 2.24) is 9.88 Å². The molecule has 2 atom stereocenters. The van der Waals surface area contributed by atoms with Gasteiger partial charge in [0, 0.05) is 52.8 Å². The van der Waals surface area contributed by atoms with Gasteiger partial charge in [0.15, 0.2) is 0 Å². The summed E-state index contributed by atoms with van der Waals surface area (Å²) in [4.78, 5) is 6.70. The van der Waals surface area contributed by atoms with Crippen molar-refractivity contribution in [3.8, 4) is 0 Å². The Bertz CT molecular complexity index is 374. The summed E-state index contributed by atoms with van der Waals surface area (Å²) in [6, 6.07) is 4.03. The van der Waals surface area contributed by atoms with Crippen molar-refractivity contribution in [3.63, 3.8) is 0 Å². The van der Waals surface area contributed by atoms with Crippen LogP contribution < -0.4 is 5.32 Å². The zero-order valence-electron chi connectivity index (χ0n) is 11.2. The molecule has 1 aliphatic heterocycles. The number of anilines is 1. The molecule has 5 heteroatoms. The highest BCUT2D eigenvalue weighted by Crippen LogP contribution is 2.18. The molecular formula is C13H21N3O2. The molecule has 2 rings (SSSR count). The first-order valence-electron chi connectivity index (χ1n) is 6.17. The summed E-state index contributed by atoms with van der Waals surface area (Å²) in [5.74, 6) is 0. The van der Waals surface area contributed by atoms with Crippen molar-refractivity contribution in [2.45, 2.75) is 18.8 Å². The average molecular weight is 251 g/mol. The first kappa shape index (κ1) is 13.3. The predicted octanol–water partition coefficient (Wildman–Crippen LogP) is 0.969. The van der Waals surface area contributed by atoms with Crippen LogP contribution in [0.15, 0.2) is 18.3 Å². The number of nitrogens with one attached hydrogen (secondary N) is 1. The normalized spacial score (nSPS) is 24.4. The number of likely N-dealkylation sites (tertiary alicyclic amines) is 1. The second-order valence-electron chi connectivity index (χ2n) is 4.53. The maximum Gasteiger partial charge on any atom is 0.0971 e. The summed E-state index contributed by atoms with van der Waals surface area (Å²) >= 11 is 0. The van der Waals surface area contributed by atoms with E-state index in [0.29, 0.717) is 0 Å². The van der Waals surface area contributed by atoms with E-state index in [4.69, 9.17) is 9.47 Å². The van der Waals surface area contributed by atoms with Crippen LogP contribution in [0.3, 0.4) is 0 Å². The largest absolute Gasteiger partial charge is 0.388 e. The van der Waals surface area contributed by atoms with Crippen molar-refractivity contribution in [1.29, 1.82) is 0 Å². The number of pyridine rings is 1. The van der Waals surface area contributed by atoms with Crippen LogP contribution in [0, 0.1) is 0 Å². The topological polar surface area (TPSA) is 46.6 Å². The van der Waals surface area contributed by atoms with Crippen LogP contribution in [-0.4, -0.2) is 56.4 Å². The summed E-state index contributed by atoms with van der Waals surface area (Å²) in [7, 11) is 5.39. The first-order valence-corrected chi connectivity index (χ1v) is 6.17. The van der Waals surface area contributed by atoms with E-state index in [-0.39, 0.29) is 12.2 Å². The van der Waals surface area contributed by atoms with E-state index in [9.17, 15) is 0 Å². The molecular weight excluding hydrogens is 230 g/mol. The zero-order chi connectivity index (χ0) is 13.0.